The van der Waals surface area contributed by atoms with Crippen molar-refractivity contribution >= 4 is 27.9 Å². The number of benzene rings is 1. The average molecular weight is 388 g/mol. The number of nitrogens with zero attached hydrogens (tertiary/aromatic N) is 3. The van der Waals surface area contributed by atoms with Crippen molar-refractivity contribution < 1.29 is 13.9 Å². The van der Waals surface area contributed by atoms with Gasteiger partial charge in [0.2, 0.25) is 0 Å². The maximum absolute atomic E-state index is 14.5. The number of morpholine rings is 1. The standard InChI is InChI=1S/C19H21FN4O2S/c1-12-11-24-17(13(2)22-19(24)27-12)18(25)21-10-14-3-4-16(15(20)9-14)23-5-7-26-8-6-23/h3-4,9,11H,5-8,10H2,1-2H3,(H,21,25). The Morgan fingerprint density at radius 2 is 2.11 bits per heavy atom. The average Bonchev–Trinajstić information content (AvgIpc) is 3.14. The van der Waals surface area contributed by atoms with Crippen molar-refractivity contribution in [1.29, 1.82) is 0 Å². The van der Waals surface area contributed by atoms with Gasteiger partial charge in [0.15, 0.2) is 4.96 Å². The SMILES string of the molecule is Cc1cn2c(C(=O)NCc3ccc(N4CCOCC4)c(F)c3)c(C)nc2s1. The zero-order valence-electron chi connectivity index (χ0n) is 15.3. The van der Waals surface area contributed by atoms with Crippen LogP contribution in [0.15, 0.2) is 24.4 Å². The maximum atomic E-state index is 14.5. The second-order valence-corrected chi connectivity index (χ2v) is 7.82. The zero-order valence-corrected chi connectivity index (χ0v) is 16.1. The van der Waals surface area contributed by atoms with E-state index >= 15 is 0 Å². The Labute approximate surface area is 160 Å². The first-order chi connectivity index (χ1) is 13.0. The van der Waals surface area contributed by atoms with Gasteiger partial charge in [-0.05, 0) is 31.5 Å². The highest BCUT2D eigenvalue weighted by molar-refractivity contribution is 7.17. The number of aryl methyl sites for hydroxylation is 2. The van der Waals surface area contributed by atoms with Crippen molar-refractivity contribution in [3.63, 3.8) is 0 Å². The molecule has 1 fully saturated rings. The summed E-state index contributed by atoms with van der Waals surface area (Å²) in [6, 6.07) is 5.10. The number of anilines is 1. The lowest BCUT2D eigenvalue weighted by atomic mass is 10.1. The van der Waals surface area contributed by atoms with Crippen LogP contribution in [0.25, 0.3) is 4.96 Å². The van der Waals surface area contributed by atoms with Crippen molar-refractivity contribution in [1.82, 2.24) is 14.7 Å². The molecule has 0 saturated carbocycles. The van der Waals surface area contributed by atoms with Gasteiger partial charge in [0.05, 0.1) is 24.6 Å². The number of amides is 1. The van der Waals surface area contributed by atoms with Crippen molar-refractivity contribution in [2.75, 3.05) is 31.2 Å². The van der Waals surface area contributed by atoms with Gasteiger partial charge in [-0.25, -0.2) is 9.37 Å². The zero-order chi connectivity index (χ0) is 19.0. The third-order valence-corrected chi connectivity index (χ3v) is 5.55. The first-order valence-electron chi connectivity index (χ1n) is 8.87. The number of hydrogen-bond donors (Lipinski definition) is 1. The highest BCUT2D eigenvalue weighted by Crippen LogP contribution is 2.23. The van der Waals surface area contributed by atoms with E-state index in [0.29, 0.717) is 43.4 Å². The lowest BCUT2D eigenvalue weighted by molar-refractivity contribution is 0.0944. The van der Waals surface area contributed by atoms with E-state index in [0.717, 1.165) is 15.4 Å². The van der Waals surface area contributed by atoms with Crippen LogP contribution in [-0.2, 0) is 11.3 Å². The number of ether oxygens (including phenoxy) is 1. The Hall–Kier alpha value is -2.45. The molecule has 0 unspecified atom stereocenters. The third-order valence-electron chi connectivity index (χ3n) is 4.65. The fraction of sp³-hybridized carbons (Fsp3) is 0.368. The lowest BCUT2D eigenvalue weighted by Crippen LogP contribution is -2.36. The number of carbonyl (C=O) groups excluding carboxylic acids is 1. The van der Waals surface area contributed by atoms with Crippen LogP contribution in [0, 0.1) is 19.7 Å². The van der Waals surface area contributed by atoms with Crippen LogP contribution in [0.4, 0.5) is 10.1 Å². The molecule has 0 bridgehead atoms. The van der Waals surface area contributed by atoms with Gasteiger partial charge >= 0.3 is 0 Å². The summed E-state index contributed by atoms with van der Waals surface area (Å²) >= 11 is 1.54. The second kappa shape index (κ2) is 7.28. The third kappa shape index (κ3) is 3.54. The van der Waals surface area contributed by atoms with E-state index < -0.39 is 0 Å². The minimum Gasteiger partial charge on any atom is -0.378 e. The Morgan fingerprint density at radius 1 is 1.33 bits per heavy atom. The van der Waals surface area contributed by atoms with Gasteiger partial charge in [0.1, 0.15) is 11.5 Å². The molecule has 8 heteroatoms. The minimum atomic E-state index is -0.278. The van der Waals surface area contributed by atoms with Crippen molar-refractivity contribution in [3.05, 3.63) is 52.0 Å². The Kier molecular flexibility index (Phi) is 4.84. The highest BCUT2D eigenvalue weighted by Gasteiger charge is 2.19. The summed E-state index contributed by atoms with van der Waals surface area (Å²) in [6.07, 6.45) is 1.91. The molecule has 3 heterocycles. The summed E-state index contributed by atoms with van der Waals surface area (Å²) in [5.74, 6) is -0.490. The van der Waals surface area contributed by atoms with E-state index in [9.17, 15) is 9.18 Å². The van der Waals surface area contributed by atoms with Gasteiger partial charge in [0.25, 0.3) is 5.91 Å². The fourth-order valence-electron chi connectivity index (χ4n) is 3.33. The summed E-state index contributed by atoms with van der Waals surface area (Å²) in [6.45, 7) is 6.65. The molecule has 6 nitrogen and oxygen atoms in total. The molecule has 1 N–H and O–H groups in total. The monoisotopic (exact) mass is 388 g/mol. The number of imidazole rings is 1. The molecule has 0 spiro atoms. The second-order valence-electron chi connectivity index (χ2n) is 6.61. The van der Waals surface area contributed by atoms with E-state index in [1.165, 1.54) is 6.07 Å². The normalized spacial score (nSPS) is 14.7. The van der Waals surface area contributed by atoms with Crippen LogP contribution in [0.2, 0.25) is 0 Å². The molecule has 1 saturated heterocycles. The first-order valence-corrected chi connectivity index (χ1v) is 9.69. The number of halogens is 1. The number of aromatic nitrogens is 2. The first kappa shape index (κ1) is 17.9. The molecule has 142 valence electrons. The summed E-state index contributed by atoms with van der Waals surface area (Å²) in [5.41, 5.74) is 2.51. The van der Waals surface area contributed by atoms with Gasteiger partial charge in [-0.1, -0.05) is 6.07 Å². The quantitative estimate of drug-likeness (QED) is 0.747. The van der Waals surface area contributed by atoms with E-state index in [-0.39, 0.29) is 18.3 Å². The molecular weight excluding hydrogens is 367 g/mol. The number of rotatable bonds is 4. The molecule has 4 rings (SSSR count). The number of hydrogen-bond acceptors (Lipinski definition) is 5. The highest BCUT2D eigenvalue weighted by atomic mass is 32.1. The number of thiazole rings is 1. The molecule has 0 atom stereocenters. The molecule has 1 aliphatic rings. The minimum absolute atomic E-state index is 0.213. The predicted octanol–water partition coefficient (Wildman–Crippen LogP) is 2.92. The van der Waals surface area contributed by atoms with Crippen molar-refractivity contribution in [3.8, 4) is 0 Å². The summed E-state index contributed by atoms with van der Waals surface area (Å²) < 4.78 is 21.6. The van der Waals surface area contributed by atoms with E-state index in [1.807, 2.05) is 35.4 Å². The molecule has 2 aromatic heterocycles. The molecule has 0 radical (unpaired) electrons. The lowest BCUT2D eigenvalue weighted by Gasteiger charge is -2.29. The summed E-state index contributed by atoms with van der Waals surface area (Å²) in [4.78, 5) is 20.9. The van der Waals surface area contributed by atoms with E-state index in [2.05, 4.69) is 10.3 Å². The van der Waals surface area contributed by atoms with Crippen LogP contribution in [-0.4, -0.2) is 41.6 Å². The molecule has 3 aromatic rings. The Bertz CT molecular complexity index is 991. The van der Waals surface area contributed by atoms with Crippen LogP contribution in [0.5, 0.6) is 0 Å². The topological polar surface area (TPSA) is 58.9 Å². The van der Waals surface area contributed by atoms with Gasteiger partial charge < -0.3 is 15.0 Å². The molecule has 1 amide bonds. The number of carbonyl (C=O) groups is 1. The smallest absolute Gasteiger partial charge is 0.270 e. The fourth-order valence-corrected chi connectivity index (χ4v) is 4.20. The van der Waals surface area contributed by atoms with E-state index in [4.69, 9.17) is 4.74 Å². The van der Waals surface area contributed by atoms with Crippen molar-refractivity contribution in [2.45, 2.75) is 20.4 Å². The predicted molar refractivity (Wildman–Crippen MR) is 103 cm³/mol. The van der Waals surface area contributed by atoms with Crippen LogP contribution in [0.1, 0.15) is 26.6 Å². The number of nitrogens with one attached hydrogen (secondary N) is 1. The molecule has 27 heavy (non-hydrogen) atoms. The van der Waals surface area contributed by atoms with Gasteiger partial charge in [-0.15, -0.1) is 11.3 Å². The molecular formula is C19H21FN4O2S. The van der Waals surface area contributed by atoms with Crippen LogP contribution >= 0.6 is 11.3 Å². The Balaban J connectivity index is 1.47. The van der Waals surface area contributed by atoms with E-state index in [1.54, 1.807) is 17.4 Å². The largest absolute Gasteiger partial charge is 0.378 e. The van der Waals surface area contributed by atoms with Gasteiger partial charge in [0, 0.05) is 30.7 Å². The summed E-state index contributed by atoms with van der Waals surface area (Å²) in [7, 11) is 0. The molecule has 1 aromatic carbocycles. The maximum Gasteiger partial charge on any atom is 0.270 e. The van der Waals surface area contributed by atoms with Crippen LogP contribution < -0.4 is 10.2 Å². The molecule has 0 aliphatic carbocycles. The van der Waals surface area contributed by atoms with Gasteiger partial charge in [-0.2, -0.15) is 0 Å². The van der Waals surface area contributed by atoms with Crippen LogP contribution in [0.3, 0.4) is 0 Å². The summed E-state index contributed by atoms with van der Waals surface area (Å²) in [5, 5.41) is 2.87. The Morgan fingerprint density at radius 3 is 2.85 bits per heavy atom. The number of fused-ring (bicyclic) bond motifs is 1. The van der Waals surface area contributed by atoms with Crippen molar-refractivity contribution in [2.24, 2.45) is 0 Å². The molecule has 1 aliphatic heterocycles. The van der Waals surface area contributed by atoms with Gasteiger partial charge in [-0.3, -0.25) is 9.20 Å².